The van der Waals surface area contributed by atoms with Gasteiger partial charge in [0.2, 0.25) is 0 Å². The van der Waals surface area contributed by atoms with Gasteiger partial charge in [0.25, 0.3) is 5.91 Å². The molecule has 1 unspecified atom stereocenters. The minimum atomic E-state index is -0.544. The number of likely N-dealkylation sites (tertiary alicyclic amines) is 1. The van der Waals surface area contributed by atoms with Crippen molar-refractivity contribution in [2.45, 2.75) is 25.3 Å². The smallest absolute Gasteiger partial charge is 0.267 e. The summed E-state index contributed by atoms with van der Waals surface area (Å²) < 4.78 is 6.26. The van der Waals surface area contributed by atoms with Gasteiger partial charge in [-0.1, -0.05) is 42.8 Å². The van der Waals surface area contributed by atoms with E-state index in [0.717, 1.165) is 35.7 Å². The van der Waals surface area contributed by atoms with Gasteiger partial charge in [-0.2, -0.15) is 0 Å². The highest BCUT2D eigenvalue weighted by Gasteiger charge is 2.26. The molecule has 1 aromatic rings. The zero-order chi connectivity index (χ0) is 19.3. The van der Waals surface area contributed by atoms with Gasteiger partial charge in [-0.3, -0.25) is 14.9 Å². The Balaban J connectivity index is 1.66. The van der Waals surface area contributed by atoms with Gasteiger partial charge in [0.1, 0.15) is 11.5 Å². The van der Waals surface area contributed by atoms with E-state index in [2.05, 4.69) is 35.2 Å². The number of piperidine rings is 1. The fourth-order valence-electron chi connectivity index (χ4n) is 3.86. The van der Waals surface area contributed by atoms with E-state index in [1.54, 1.807) is 11.6 Å². The van der Waals surface area contributed by atoms with Gasteiger partial charge < -0.3 is 4.42 Å². The lowest BCUT2D eigenvalue weighted by Gasteiger charge is -2.34. The normalized spacial score (nSPS) is 16.5. The van der Waals surface area contributed by atoms with Gasteiger partial charge in [-0.05, 0) is 61.3 Å². The number of carbonyl (C=O) groups is 1. The molecule has 1 amide bonds. The molecule has 28 heavy (non-hydrogen) atoms. The molecule has 2 N–H and O–H groups in total. The molecule has 1 fully saturated rings. The van der Waals surface area contributed by atoms with Crippen molar-refractivity contribution in [3.8, 4) is 11.3 Å². The highest BCUT2D eigenvalue weighted by atomic mass is 16.5. The summed E-state index contributed by atoms with van der Waals surface area (Å²) in [5, 5.41) is 8.59. The van der Waals surface area contributed by atoms with Crippen molar-refractivity contribution >= 4 is 12.0 Å². The van der Waals surface area contributed by atoms with Crippen LogP contribution in [-0.2, 0) is 4.79 Å². The fourth-order valence-corrected chi connectivity index (χ4v) is 3.86. The maximum Gasteiger partial charge on any atom is 0.267 e. The quantitative estimate of drug-likeness (QED) is 0.391. The molecular formula is C23H24N2O3. The molecule has 5 nitrogen and oxygen atoms in total. The average Bonchev–Trinajstić information content (AvgIpc) is 3.22. The number of hydrogen-bond acceptors (Lipinski definition) is 4. The number of nitrogens with zero attached hydrogens (tertiary/aromatic N) is 1. The molecule has 0 spiro atoms. The molecule has 3 aliphatic rings. The largest absolute Gasteiger partial charge is 0.459 e. The van der Waals surface area contributed by atoms with Crippen LogP contribution in [0.1, 0.15) is 42.2 Å². The van der Waals surface area contributed by atoms with Gasteiger partial charge in [0.15, 0.2) is 0 Å². The summed E-state index contributed by atoms with van der Waals surface area (Å²) in [4.78, 5) is 13.7. The predicted octanol–water partition coefficient (Wildman–Crippen LogP) is 4.48. The third kappa shape index (κ3) is 4.01. The zero-order valence-electron chi connectivity index (χ0n) is 15.7. The molecule has 2 heterocycles. The Morgan fingerprint density at radius 3 is 2.57 bits per heavy atom. The van der Waals surface area contributed by atoms with E-state index in [0.29, 0.717) is 0 Å². The fraction of sp³-hybridized carbons (Fsp3) is 0.261. The second kappa shape index (κ2) is 8.42. The van der Waals surface area contributed by atoms with E-state index in [1.165, 1.54) is 30.9 Å². The van der Waals surface area contributed by atoms with Crippen LogP contribution in [0.5, 0.6) is 0 Å². The first kappa shape index (κ1) is 18.5. The highest BCUT2D eigenvalue weighted by molar-refractivity contribution is 5.90. The van der Waals surface area contributed by atoms with Crippen molar-refractivity contribution in [1.82, 2.24) is 10.4 Å². The van der Waals surface area contributed by atoms with Crippen LogP contribution in [-0.4, -0.2) is 29.1 Å². The monoisotopic (exact) mass is 376 g/mol. The van der Waals surface area contributed by atoms with Crippen LogP contribution < -0.4 is 5.48 Å². The Kier molecular flexibility index (Phi) is 5.55. The lowest BCUT2D eigenvalue weighted by atomic mass is 9.97. The number of carbonyl (C=O) groups excluding carboxylic acids is 1. The molecule has 2 aliphatic heterocycles. The Bertz CT molecular complexity index is 923. The molecule has 5 heteroatoms. The van der Waals surface area contributed by atoms with E-state index < -0.39 is 5.91 Å². The molecule has 1 aromatic carbocycles. The molecule has 4 rings (SSSR count). The average molecular weight is 376 g/mol. The minimum absolute atomic E-state index is 0.0679. The summed E-state index contributed by atoms with van der Waals surface area (Å²) >= 11 is 0. The topological polar surface area (TPSA) is 65.7 Å². The standard InChI is InChI=1S/C23H24N2O3/c26-22(24-27)14-9-17-7-10-19(11-8-17)23(25-15-2-1-3-16-25)21-13-12-18-5-4-6-20(18)28-21/h4-14,23,27H,1-3,15-16H2,(H,24,26)/b14-9+. The summed E-state index contributed by atoms with van der Waals surface area (Å²) in [6.07, 6.45) is 6.65. The number of benzene rings is 1. The molecule has 0 bridgehead atoms. The van der Waals surface area contributed by atoms with Gasteiger partial charge in [0.05, 0.1) is 6.04 Å². The summed E-state index contributed by atoms with van der Waals surface area (Å²) in [6.45, 7) is 2.11. The predicted molar refractivity (Wildman–Crippen MR) is 108 cm³/mol. The molecule has 0 aromatic heterocycles. The van der Waals surface area contributed by atoms with E-state index in [9.17, 15) is 4.79 Å². The number of fused-ring (bicyclic) bond motifs is 1. The number of nitrogens with one attached hydrogen (secondary N) is 1. The van der Waals surface area contributed by atoms with E-state index in [-0.39, 0.29) is 6.04 Å². The SMILES string of the molecule is O=C(/C=C/c1ccc(C(c2ccc3cccc-3o2)N2CCCCC2)cc1)NO. The second-order valence-corrected chi connectivity index (χ2v) is 7.16. The first-order valence-corrected chi connectivity index (χ1v) is 9.69. The minimum Gasteiger partial charge on any atom is -0.459 e. The van der Waals surface area contributed by atoms with Crippen LogP contribution in [0.2, 0.25) is 0 Å². The first-order valence-electron chi connectivity index (χ1n) is 9.69. The Labute approximate surface area is 164 Å². The van der Waals surface area contributed by atoms with Crippen LogP contribution in [0.15, 0.2) is 65.1 Å². The number of hydroxylamine groups is 1. The third-order valence-electron chi connectivity index (χ3n) is 5.28. The maximum absolute atomic E-state index is 11.2. The maximum atomic E-state index is 11.2. The van der Waals surface area contributed by atoms with Crippen molar-refractivity contribution < 1.29 is 14.4 Å². The second-order valence-electron chi connectivity index (χ2n) is 7.16. The van der Waals surface area contributed by atoms with E-state index >= 15 is 0 Å². The lowest BCUT2D eigenvalue weighted by Crippen LogP contribution is -2.34. The number of rotatable bonds is 5. The van der Waals surface area contributed by atoms with Crippen LogP contribution in [0.25, 0.3) is 17.4 Å². The Morgan fingerprint density at radius 2 is 1.82 bits per heavy atom. The van der Waals surface area contributed by atoms with Gasteiger partial charge in [-0.25, -0.2) is 5.48 Å². The molecule has 0 radical (unpaired) electrons. The molecule has 1 atom stereocenters. The molecule has 1 saturated heterocycles. The summed E-state index contributed by atoms with van der Waals surface area (Å²) in [7, 11) is 0. The van der Waals surface area contributed by atoms with Crippen molar-refractivity contribution in [2.24, 2.45) is 0 Å². The highest BCUT2D eigenvalue weighted by Crippen LogP contribution is 2.35. The number of hydrogen-bond donors (Lipinski definition) is 2. The molecular weight excluding hydrogens is 352 g/mol. The molecule has 1 aliphatic carbocycles. The van der Waals surface area contributed by atoms with Gasteiger partial charge >= 0.3 is 0 Å². The third-order valence-corrected chi connectivity index (χ3v) is 5.28. The Hall–Kier alpha value is -2.89. The lowest BCUT2D eigenvalue weighted by molar-refractivity contribution is -0.124. The number of amides is 1. The summed E-state index contributed by atoms with van der Waals surface area (Å²) in [5.74, 6) is 1.31. The zero-order valence-corrected chi connectivity index (χ0v) is 15.7. The Morgan fingerprint density at radius 1 is 1.04 bits per heavy atom. The van der Waals surface area contributed by atoms with E-state index in [1.807, 2.05) is 24.3 Å². The van der Waals surface area contributed by atoms with Crippen molar-refractivity contribution in [3.05, 3.63) is 77.6 Å². The van der Waals surface area contributed by atoms with Crippen LogP contribution >= 0.6 is 0 Å². The summed E-state index contributed by atoms with van der Waals surface area (Å²) in [5.41, 5.74) is 4.77. The van der Waals surface area contributed by atoms with Gasteiger partial charge in [0, 0.05) is 11.6 Å². The van der Waals surface area contributed by atoms with Crippen LogP contribution in [0.4, 0.5) is 0 Å². The molecule has 0 saturated carbocycles. The van der Waals surface area contributed by atoms with Crippen molar-refractivity contribution in [1.29, 1.82) is 0 Å². The van der Waals surface area contributed by atoms with Crippen LogP contribution in [0.3, 0.4) is 0 Å². The van der Waals surface area contributed by atoms with E-state index in [4.69, 9.17) is 9.62 Å². The summed E-state index contributed by atoms with van der Waals surface area (Å²) in [6, 6.07) is 18.5. The first-order chi connectivity index (χ1) is 13.7. The van der Waals surface area contributed by atoms with Crippen molar-refractivity contribution in [2.75, 3.05) is 13.1 Å². The van der Waals surface area contributed by atoms with Crippen LogP contribution in [0, 0.1) is 0 Å². The van der Waals surface area contributed by atoms with Gasteiger partial charge in [-0.15, -0.1) is 0 Å². The van der Waals surface area contributed by atoms with Crippen molar-refractivity contribution in [3.63, 3.8) is 0 Å². The molecule has 144 valence electrons.